The molecule has 0 atom stereocenters. The van der Waals surface area contributed by atoms with Crippen LogP contribution in [0.15, 0.2) is 0 Å². The third-order valence-electron chi connectivity index (χ3n) is 2.66. The van der Waals surface area contributed by atoms with Gasteiger partial charge >= 0.3 is 0 Å². The van der Waals surface area contributed by atoms with E-state index in [4.69, 9.17) is 17.0 Å². The summed E-state index contributed by atoms with van der Waals surface area (Å²) in [5.41, 5.74) is 0. The highest BCUT2D eigenvalue weighted by Crippen LogP contribution is 2.04. The lowest BCUT2D eigenvalue weighted by Gasteiger charge is -2.15. The van der Waals surface area contributed by atoms with Crippen LogP contribution in [-0.4, -0.2) is 31.4 Å². The lowest BCUT2D eigenvalue weighted by atomic mass is 10.0. The van der Waals surface area contributed by atoms with Crippen molar-refractivity contribution >= 4 is 17.3 Å². The third kappa shape index (κ3) is 8.92. The molecule has 2 N–H and O–H groups in total. The Balaban J connectivity index is 3.37. The van der Waals surface area contributed by atoms with E-state index in [2.05, 4.69) is 24.5 Å². The van der Waals surface area contributed by atoms with Crippen LogP contribution in [0.25, 0.3) is 0 Å². The molecule has 16 heavy (non-hydrogen) atoms. The van der Waals surface area contributed by atoms with E-state index in [9.17, 15) is 0 Å². The molecule has 0 heterocycles. The molecule has 0 saturated carbocycles. The first-order valence-electron chi connectivity index (χ1n) is 6.33. The van der Waals surface area contributed by atoms with E-state index in [1.165, 1.54) is 12.8 Å². The van der Waals surface area contributed by atoms with Gasteiger partial charge in [-0.2, -0.15) is 0 Å². The van der Waals surface area contributed by atoms with Gasteiger partial charge in [0.2, 0.25) is 0 Å². The Kier molecular flexibility index (Phi) is 10.9. The first-order valence-corrected chi connectivity index (χ1v) is 6.74. The van der Waals surface area contributed by atoms with E-state index in [1.54, 1.807) is 0 Å². The molecular formula is C12H26N2OS. The Morgan fingerprint density at radius 1 is 1.19 bits per heavy atom. The van der Waals surface area contributed by atoms with Crippen LogP contribution < -0.4 is 10.6 Å². The van der Waals surface area contributed by atoms with Crippen LogP contribution in [0, 0.1) is 5.92 Å². The minimum Gasteiger partial charge on any atom is -0.382 e. The predicted octanol–water partition coefficient (Wildman–Crippen LogP) is 2.31. The average Bonchev–Trinajstić information content (AvgIpc) is 2.30. The predicted molar refractivity (Wildman–Crippen MR) is 73.8 cm³/mol. The maximum absolute atomic E-state index is 5.24. The quantitative estimate of drug-likeness (QED) is 0.483. The standard InChI is InChI=1S/C12H26N2OS/c1-4-11(5-2)10-14-12(16)13-8-7-9-15-6-3/h11H,4-10H2,1-3H3,(H2,13,14,16). The normalized spacial score (nSPS) is 10.5. The van der Waals surface area contributed by atoms with Crippen molar-refractivity contribution in [3.63, 3.8) is 0 Å². The van der Waals surface area contributed by atoms with Crippen LogP contribution in [0.2, 0.25) is 0 Å². The zero-order valence-corrected chi connectivity index (χ0v) is 11.7. The molecule has 0 aromatic rings. The van der Waals surface area contributed by atoms with Crippen molar-refractivity contribution < 1.29 is 4.74 Å². The summed E-state index contributed by atoms with van der Waals surface area (Å²) in [5, 5.41) is 7.21. The van der Waals surface area contributed by atoms with E-state index in [0.717, 1.165) is 43.8 Å². The first-order chi connectivity index (χ1) is 7.74. The molecule has 0 bridgehead atoms. The maximum atomic E-state index is 5.24. The van der Waals surface area contributed by atoms with E-state index >= 15 is 0 Å². The van der Waals surface area contributed by atoms with Crippen LogP contribution in [0.4, 0.5) is 0 Å². The van der Waals surface area contributed by atoms with Gasteiger partial charge in [-0.05, 0) is 31.5 Å². The van der Waals surface area contributed by atoms with Crippen LogP contribution in [0.1, 0.15) is 40.0 Å². The van der Waals surface area contributed by atoms with Crippen LogP contribution in [0.5, 0.6) is 0 Å². The maximum Gasteiger partial charge on any atom is 0.166 e. The highest BCUT2D eigenvalue weighted by atomic mass is 32.1. The fourth-order valence-corrected chi connectivity index (χ4v) is 1.58. The van der Waals surface area contributed by atoms with Crippen molar-refractivity contribution in [2.45, 2.75) is 40.0 Å². The molecule has 96 valence electrons. The van der Waals surface area contributed by atoms with Crippen molar-refractivity contribution in [2.75, 3.05) is 26.3 Å². The molecular weight excluding hydrogens is 220 g/mol. The Bertz CT molecular complexity index is 172. The minimum atomic E-state index is 0.725. The highest BCUT2D eigenvalue weighted by Gasteiger charge is 2.03. The SMILES string of the molecule is CCOCCCNC(=S)NCC(CC)CC. The molecule has 0 unspecified atom stereocenters. The van der Waals surface area contributed by atoms with Crippen molar-refractivity contribution in [1.29, 1.82) is 0 Å². The molecule has 0 spiro atoms. The van der Waals surface area contributed by atoms with Crippen molar-refractivity contribution in [1.82, 2.24) is 10.6 Å². The summed E-state index contributed by atoms with van der Waals surface area (Å²) in [6, 6.07) is 0. The molecule has 0 amide bonds. The average molecular weight is 246 g/mol. The minimum absolute atomic E-state index is 0.725. The zero-order valence-electron chi connectivity index (χ0n) is 10.8. The molecule has 0 aliphatic rings. The number of hydrogen-bond donors (Lipinski definition) is 2. The molecule has 0 aromatic heterocycles. The van der Waals surface area contributed by atoms with Gasteiger partial charge in [0.05, 0.1) is 0 Å². The van der Waals surface area contributed by atoms with E-state index in [-0.39, 0.29) is 0 Å². The summed E-state index contributed by atoms with van der Waals surface area (Å²) in [6.07, 6.45) is 3.41. The van der Waals surface area contributed by atoms with Crippen LogP contribution in [0.3, 0.4) is 0 Å². The van der Waals surface area contributed by atoms with E-state index in [0.29, 0.717) is 0 Å². The number of thiocarbonyl (C=S) groups is 1. The third-order valence-corrected chi connectivity index (χ3v) is 2.95. The van der Waals surface area contributed by atoms with Gasteiger partial charge in [-0.25, -0.2) is 0 Å². The van der Waals surface area contributed by atoms with Gasteiger partial charge < -0.3 is 15.4 Å². The summed E-state index contributed by atoms with van der Waals surface area (Å²) in [6.45, 7) is 9.90. The molecule has 0 fully saturated rings. The number of nitrogens with one attached hydrogen (secondary N) is 2. The second-order valence-electron chi connectivity index (χ2n) is 3.87. The van der Waals surface area contributed by atoms with Crippen molar-refractivity contribution in [3.8, 4) is 0 Å². The Morgan fingerprint density at radius 3 is 2.44 bits per heavy atom. The summed E-state index contributed by atoms with van der Waals surface area (Å²) < 4.78 is 5.24. The Hall–Kier alpha value is -0.350. The topological polar surface area (TPSA) is 33.3 Å². The van der Waals surface area contributed by atoms with E-state index in [1.807, 2.05) is 6.92 Å². The van der Waals surface area contributed by atoms with Gasteiger partial charge in [-0.3, -0.25) is 0 Å². The molecule has 0 aliphatic carbocycles. The number of hydrogen-bond acceptors (Lipinski definition) is 2. The molecule has 0 saturated heterocycles. The lowest BCUT2D eigenvalue weighted by molar-refractivity contribution is 0.145. The van der Waals surface area contributed by atoms with Gasteiger partial charge in [0.15, 0.2) is 5.11 Å². The highest BCUT2D eigenvalue weighted by molar-refractivity contribution is 7.80. The van der Waals surface area contributed by atoms with Crippen molar-refractivity contribution in [2.24, 2.45) is 5.92 Å². The fraction of sp³-hybridized carbons (Fsp3) is 0.917. The Morgan fingerprint density at radius 2 is 1.88 bits per heavy atom. The Labute approximate surface area is 105 Å². The van der Waals surface area contributed by atoms with E-state index < -0.39 is 0 Å². The molecule has 4 heteroatoms. The van der Waals surface area contributed by atoms with Crippen LogP contribution in [-0.2, 0) is 4.74 Å². The zero-order chi connectivity index (χ0) is 12.2. The lowest BCUT2D eigenvalue weighted by Crippen LogP contribution is -2.38. The number of ether oxygens (including phenoxy) is 1. The monoisotopic (exact) mass is 246 g/mol. The second-order valence-corrected chi connectivity index (χ2v) is 4.28. The molecule has 0 radical (unpaired) electrons. The molecule has 0 aliphatic heterocycles. The summed E-state index contributed by atoms with van der Waals surface area (Å²) in [5.74, 6) is 0.725. The van der Waals surface area contributed by atoms with Gasteiger partial charge in [0, 0.05) is 26.3 Å². The first kappa shape index (κ1) is 15.7. The summed E-state index contributed by atoms with van der Waals surface area (Å²) in [7, 11) is 0. The second kappa shape index (κ2) is 11.1. The largest absolute Gasteiger partial charge is 0.382 e. The summed E-state index contributed by atoms with van der Waals surface area (Å²) >= 11 is 5.18. The fourth-order valence-electron chi connectivity index (χ4n) is 1.40. The molecule has 0 aromatic carbocycles. The molecule has 0 rings (SSSR count). The van der Waals surface area contributed by atoms with Crippen LogP contribution >= 0.6 is 12.2 Å². The van der Waals surface area contributed by atoms with Gasteiger partial charge in [0.25, 0.3) is 0 Å². The van der Waals surface area contributed by atoms with Gasteiger partial charge in [-0.15, -0.1) is 0 Å². The van der Waals surface area contributed by atoms with Gasteiger partial charge in [0.1, 0.15) is 0 Å². The van der Waals surface area contributed by atoms with Gasteiger partial charge in [-0.1, -0.05) is 26.7 Å². The molecule has 3 nitrogen and oxygen atoms in total. The smallest absolute Gasteiger partial charge is 0.166 e. The number of rotatable bonds is 9. The summed E-state index contributed by atoms with van der Waals surface area (Å²) in [4.78, 5) is 0. The van der Waals surface area contributed by atoms with Crippen molar-refractivity contribution in [3.05, 3.63) is 0 Å².